The van der Waals surface area contributed by atoms with Crippen molar-refractivity contribution in [3.05, 3.63) is 0 Å². The third kappa shape index (κ3) is 13.7. The van der Waals surface area contributed by atoms with Crippen molar-refractivity contribution in [2.45, 2.75) is 173 Å². The van der Waals surface area contributed by atoms with Gasteiger partial charge < -0.3 is 69.5 Å². The predicted molar refractivity (Wildman–Crippen MR) is 230 cm³/mol. The molecule has 0 unspecified atom stereocenters. The lowest BCUT2D eigenvalue weighted by Gasteiger charge is -2.57. The van der Waals surface area contributed by atoms with E-state index < -0.39 is 40.5 Å². The lowest BCUT2D eigenvalue weighted by molar-refractivity contribution is -0.124. The molecule has 0 aromatic heterocycles. The van der Waals surface area contributed by atoms with Crippen molar-refractivity contribution < 1.29 is 38.4 Å². The molecule has 4 bridgehead atoms. The van der Waals surface area contributed by atoms with E-state index in [1.807, 2.05) is 27.7 Å². The summed E-state index contributed by atoms with van der Waals surface area (Å²) in [6, 6.07) is -2.16. The van der Waals surface area contributed by atoms with Gasteiger partial charge in [-0.2, -0.15) is 0 Å². The number of amides is 12. The van der Waals surface area contributed by atoms with Gasteiger partial charge in [-0.3, -0.25) is 19.2 Å². The van der Waals surface area contributed by atoms with Gasteiger partial charge >= 0.3 is 24.1 Å². The molecule has 12 amide bonds. The average molecular weight is 876 g/mol. The lowest BCUT2D eigenvalue weighted by atomic mass is 9.70. The number of hydrogen-bond donors (Lipinski definition) is 13. The fraction of sp³-hybridized carbons (Fsp3) is 0.805. The Kier molecular flexibility index (Phi) is 18.3. The van der Waals surface area contributed by atoms with Crippen LogP contribution in [0, 0.1) is 10.8 Å². The van der Waals surface area contributed by atoms with Gasteiger partial charge in [-0.25, -0.2) is 19.2 Å². The van der Waals surface area contributed by atoms with Crippen LogP contribution < -0.4 is 69.5 Å². The molecule has 0 saturated carbocycles. The van der Waals surface area contributed by atoms with Crippen LogP contribution in [-0.4, -0.2) is 104 Å². The maximum atomic E-state index is 12.4. The minimum atomic E-state index is -0.892. The molecule has 4 rings (SSSR count). The first-order valence-electron chi connectivity index (χ1n) is 22.6. The number of hydrogen-bond acceptors (Lipinski definition) is 9. The van der Waals surface area contributed by atoms with Gasteiger partial charge in [-0.15, -0.1) is 0 Å². The molecule has 4 fully saturated rings. The van der Waals surface area contributed by atoms with Crippen molar-refractivity contribution in [1.29, 1.82) is 0 Å². The monoisotopic (exact) mass is 876 g/mol. The van der Waals surface area contributed by atoms with E-state index >= 15 is 0 Å². The third-order valence-corrected chi connectivity index (χ3v) is 13.0. The summed E-state index contributed by atoms with van der Waals surface area (Å²) < 4.78 is 0. The summed E-state index contributed by atoms with van der Waals surface area (Å²) in [5, 5.41) is 34.2. The largest absolute Gasteiger partial charge is 0.356 e. The van der Waals surface area contributed by atoms with Crippen LogP contribution in [0.25, 0.3) is 0 Å². The molecule has 0 aromatic carbocycles. The lowest BCUT2D eigenvalue weighted by Crippen LogP contribution is -2.85. The summed E-state index contributed by atoms with van der Waals surface area (Å²) in [4.78, 5) is 98.0. The van der Waals surface area contributed by atoms with Gasteiger partial charge in [0.05, 0.1) is 6.04 Å². The molecular formula is C41H73N13O8. The molecule has 4 heterocycles. The molecule has 21 nitrogen and oxygen atoms in total. The molecule has 0 aliphatic carbocycles. The number of nitrogens with one attached hydrogen (secondary N) is 12. The Morgan fingerprint density at radius 1 is 0.484 bits per heavy atom. The molecule has 0 aromatic rings. The zero-order chi connectivity index (χ0) is 45.4. The second-order valence-corrected chi connectivity index (χ2v) is 18.2. The van der Waals surface area contributed by atoms with E-state index in [0.717, 1.165) is 51.4 Å². The maximum Gasteiger partial charge on any atom is 0.318 e. The third-order valence-electron chi connectivity index (χ3n) is 13.0. The van der Waals surface area contributed by atoms with Crippen LogP contribution in [0.2, 0.25) is 0 Å². The molecule has 0 spiro atoms. The number of urea groups is 4. The number of unbranched alkanes of at least 4 members (excludes halogenated alkanes) is 8. The minimum Gasteiger partial charge on any atom is -0.356 e. The summed E-state index contributed by atoms with van der Waals surface area (Å²) in [7, 11) is 0. The Morgan fingerprint density at radius 3 is 1.16 bits per heavy atom. The highest BCUT2D eigenvalue weighted by molar-refractivity contribution is 5.85. The van der Waals surface area contributed by atoms with E-state index in [2.05, 4.69) is 63.8 Å². The number of rotatable bonds is 28. The Bertz CT molecular complexity index is 1570. The minimum absolute atomic E-state index is 0.0332. The number of nitrogens with two attached hydrogens (primary N) is 1. The van der Waals surface area contributed by atoms with Crippen molar-refractivity contribution in [3.8, 4) is 0 Å². The topological polar surface area (TPSA) is 307 Å². The molecule has 4 aliphatic heterocycles. The van der Waals surface area contributed by atoms with Gasteiger partial charge in [-0.1, -0.05) is 53.4 Å². The summed E-state index contributed by atoms with van der Waals surface area (Å²) in [5.74, 6) is -0.498. The summed E-state index contributed by atoms with van der Waals surface area (Å²) in [6.45, 7) is 10.0. The SMILES string of the molecule is CC1(C)C2NC(=O)NC1(CCCCC(=O)NCCCCCCNC(=O)CC[C@H](N)C(=O)NCCCCCCNC(=O)CCCCC13NC(=O)NC(NC(=O)N1)C3(C)C)NC(=O)N2. The zero-order valence-electron chi connectivity index (χ0n) is 37.1. The number of fused-ring (bicyclic) bond motifs is 4. The van der Waals surface area contributed by atoms with Gasteiger partial charge in [0.25, 0.3) is 0 Å². The molecule has 350 valence electrons. The van der Waals surface area contributed by atoms with Crippen LogP contribution in [0.5, 0.6) is 0 Å². The Balaban J connectivity index is 0.904. The van der Waals surface area contributed by atoms with Crippen molar-refractivity contribution >= 4 is 47.8 Å². The normalized spacial score (nSPS) is 24.5. The fourth-order valence-electron chi connectivity index (χ4n) is 8.60. The Hall–Kier alpha value is -5.08. The number of carbonyl (C=O) groups is 8. The average Bonchev–Trinajstić information content (AvgIpc) is 3.18. The van der Waals surface area contributed by atoms with Crippen LogP contribution in [-0.2, 0) is 19.2 Å². The highest BCUT2D eigenvalue weighted by atomic mass is 16.2. The van der Waals surface area contributed by atoms with Crippen LogP contribution in [0.15, 0.2) is 0 Å². The Morgan fingerprint density at radius 2 is 0.806 bits per heavy atom. The first-order valence-corrected chi connectivity index (χ1v) is 22.6. The van der Waals surface area contributed by atoms with Gasteiger partial charge in [0.1, 0.15) is 23.7 Å². The smallest absolute Gasteiger partial charge is 0.318 e. The Labute approximate surface area is 365 Å². The fourth-order valence-corrected chi connectivity index (χ4v) is 8.60. The second-order valence-electron chi connectivity index (χ2n) is 18.2. The van der Waals surface area contributed by atoms with E-state index in [0.29, 0.717) is 77.5 Å². The summed E-state index contributed by atoms with van der Waals surface area (Å²) in [5.41, 5.74) is 3.26. The molecule has 4 saturated heterocycles. The van der Waals surface area contributed by atoms with Gasteiger partial charge in [0, 0.05) is 56.3 Å². The van der Waals surface area contributed by atoms with Crippen LogP contribution in [0.3, 0.4) is 0 Å². The van der Waals surface area contributed by atoms with Crippen LogP contribution >= 0.6 is 0 Å². The van der Waals surface area contributed by atoms with Crippen LogP contribution in [0.1, 0.15) is 143 Å². The molecule has 1 atom stereocenters. The maximum absolute atomic E-state index is 12.4. The van der Waals surface area contributed by atoms with Gasteiger partial charge in [-0.05, 0) is 70.6 Å². The second kappa shape index (κ2) is 22.8. The van der Waals surface area contributed by atoms with Crippen molar-refractivity contribution in [1.82, 2.24) is 63.8 Å². The molecule has 0 radical (unpaired) electrons. The number of carbonyl (C=O) groups excluding carboxylic acids is 8. The zero-order valence-corrected chi connectivity index (χ0v) is 37.1. The molecule has 62 heavy (non-hydrogen) atoms. The standard InChI is InChI=1S/C41H73N13O8/c1-38(2)32-47-34(59)51-40(38,52-35(60)48-32)21-11-9-17-28(55)43-23-13-5-6-15-25-45-30(57)20-19-27(42)31(58)46-26-16-8-7-14-24-44-29(56)18-10-12-22-41-39(3,4)33(49-36(61)53-41)50-37(62)54-41/h27,32-33H,5-26,42H2,1-4H3,(H,43,55)(H,44,56)(H,45,57)(H,46,58)(H2,47,51,59)(H2,48,52,60)(H2,49,53,61)(H2,50,54,62)/t27-,32?,33?,40?,41?/m0/s1. The summed E-state index contributed by atoms with van der Waals surface area (Å²) in [6.07, 6.45) is 10.5. The highest BCUT2D eigenvalue weighted by Gasteiger charge is 2.59. The van der Waals surface area contributed by atoms with E-state index in [1.54, 1.807) is 0 Å². The van der Waals surface area contributed by atoms with Gasteiger partial charge in [0.15, 0.2) is 0 Å². The molecule has 21 heteroatoms. The van der Waals surface area contributed by atoms with Crippen molar-refractivity contribution in [3.63, 3.8) is 0 Å². The molecule has 14 N–H and O–H groups in total. The van der Waals surface area contributed by atoms with Crippen molar-refractivity contribution in [2.24, 2.45) is 16.6 Å². The van der Waals surface area contributed by atoms with Gasteiger partial charge in [0.2, 0.25) is 23.6 Å². The first kappa shape index (κ1) is 49.6. The van der Waals surface area contributed by atoms with E-state index in [1.165, 1.54) is 0 Å². The van der Waals surface area contributed by atoms with E-state index in [4.69, 9.17) is 5.73 Å². The summed E-state index contributed by atoms with van der Waals surface area (Å²) >= 11 is 0. The van der Waals surface area contributed by atoms with E-state index in [9.17, 15) is 38.4 Å². The first-order chi connectivity index (χ1) is 29.4. The molecule has 4 aliphatic rings. The molecular weight excluding hydrogens is 803 g/mol. The van der Waals surface area contributed by atoms with Crippen LogP contribution in [0.4, 0.5) is 19.2 Å². The van der Waals surface area contributed by atoms with E-state index in [-0.39, 0.29) is 60.6 Å². The predicted octanol–water partition coefficient (Wildman–Crippen LogP) is 1.15. The van der Waals surface area contributed by atoms with Crippen molar-refractivity contribution in [2.75, 3.05) is 26.2 Å². The highest BCUT2D eigenvalue weighted by Crippen LogP contribution is 2.41. The quantitative estimate of drug-likeness (QED) is 0.0501.